The van der Waals surface area contributed by atoms with Gasteiger partial charge in [-0.1, -0.05) is 0 Å². The number of aliphatic hydroxyl groups is 1. The Bertz CT molecular complexity index is 332. The van der Waals surface area contributed by atoms with E-state index in [1.807, 2.05) is 13.8 Å². The van der Waals surface area contributed by atoms with Crippen molar-refractivity contribution < 1.29 is 9.84 Å². The summed E-state index contributed by atoms with van der Waals surface area (Å²) in [7, 11) is 0. The zero-order valence-electron chi connectivity index (χ0n) is 8.36. The maximum Gasteiger partial charge on any atom is 0.195 e. The number of aromatic nitrogens is 3. The van der Waals surface area contributed by atoms with E-state index < -0.39 is 0 Å². The molecule has 0 saturated heterocycles. The van der Waals surface area contributed by atoms with Gasteiger partial charge in [0.2, 0.25) is 0 Å². The lowest BCUT2D eigenvalue weighted by Gasteiger charge is -2.08. The van der Waals surface area contributed by atoms with Gasteiger partial charge in [0.25, 0.3) is 0 Å². The molecule has 0 radical (unpaired) electrons. The Morgan fingerprint density at radius 2 is 2.36 bits per heavy atom. The maximum absolute atomic E-state index is 8.95. The van der Waals surface area contributed by atoms with Gasteiger partial charge in [-0.2, -0.15) is 5.10 Å². The van der Waals surface area contributed by atoms with Gasteiger partial charge < -0.3 is 9.84 Å². The fraction of sp³-hybridized carbons (Fsp3) is 0.750. The lowest BCUT2D eigenvalue weighted by molar-refractivity contribution is 0.0714. The summed E-state index contributed by atoms with van der Waals surface area (Å²) >= 11 is 5.00. The fourth-order valence-electron chi connectivity index (χ4n) is 1.08. The third-order valence-corrected chi connectivity index (χ3v) is 2.06. The van der Waals surface area contributed by atoms with Crippen LogP contribution in [0.4, 0.5) is 0 Å². The number of hydrogen-bond donors (Lipinski definition) is 2. The van der Waals surface area contributed by atoms with Crippen molar-refractivity contribution in [3.8, 4) is 0 Å². The van der Waals surface area contributed by atoms with E-state index in [-0.39, 0.29) is 12.7 Å². The van der Waals surface area contributed by atoms with Gasteiger partial charge in [-0.25, -0.2) is 0 Å². The van der Waals surface area contributed by atoms with Crippen molar-refractivity contribution in [1.29, 1.82) is 0 Å². The Morgan fingerprint density at radius 3 is 2.93 bits per heavy atom. The van der Waals surface area contributed by atoms with Crippen LogP contribution in [0, 0.1) is 4.77 Å². The molecule has 1 rings (SSSR count). The first kappa shape index (κ1) is 11.4. The van der Waals surface area contributed by atoms with Gasteiger partial charge in [0.1, 0.15) is 6.61 Å². The van der Waals surface area contributed by atoms with E-state index in [0.29, 0.717) is 23.7 Å². The van der Waals surface area contributed by atoms with Crippen LogP contribution in [0.25, 0.3) is 0 Å². The van der Waals surface area contributed by atoms with Crippen molar-refractivity contribution in [3.63, 3.8) is 0 Å². The third kappa shape index (κ3) is 2.90. The number of hydrogen-bond acceptors (Lipinski definition) is 4. The number of aromatic amines is 1. The summed E-state index contributed by atoms with van der Waals surface area (Å²) < 4.78 is 7.63. The number of ether oxygens (including phenoxy) is 1. The maximum atomic E-state index is 8.95. The van der Waals surface area contributed by atoms with Gasteiger partial charge in [0, 0.05) is 0 Å². The summed E-state index contributed by atoms with van der Waals surface area (Å²) in [6.45, 7) is 5.01. The van der Waals surface area contributed by atoms with Crippen LogP contribution in [-0.4, -0.2) is 32.6 Å². The third-order valence-electron chi connectivity index (χ3n) is 1.74. The highest BCUT2D eigenvalue weighted by Crippen LogP contribution is 1.98. The first-order valence-electron chi connectivity index (χ1n) is 4.51. The van der Waals surface area contributed by atoms with E-state index in [0.717, 1.165) is 0 Å². The summed E-state index contributed by atoms with van der Waals surface area (Å²) in [5, 5.41) is 15.4. The van der Waals surface area contributed by atoms with Crippen molar-refractivity contribution in [2.45, 2.75) is 33.1 Å². The molecule has 5 nitrogen and oxygen atoms in total. The molecular formula is C8H15N3O2S. The molecule has 0 unspecified atom stereocenters. The highest BCUT2D eigenvalue weighted by molar-refractivity contribution is 7.71. The van der Waals surface area contributed by atoms with E-state index in [1.54, 1.807) is 4.57 Å². The largest absolute Gasteiger partial charge is 0.388 e. The van der Waals surface area contributed by atoms with Crippen molar-refractivity contribution in [1.82, 2.24) is 14.8 Å². The summed E-state index contributed by atoms with van der Waals surface area (Å²) in [4.78, 5) is 0. The van der Waals surface area contributed by atoms with Gasteiger partial charge >= 0.3 is 0 Å². The van der Waals surface area contributed by atoms with Gasteiger partial charge in [-0.15, -0.1) is 0 Å². The molecule has 0 aliphatic rings. The van der Waals surface area contributed by atoms with Crippen LogP contribution in [0.15, 0.2) is 0 Å². The van der Waals surface area contributed by atoms with Gasteiger partial charge in [0.15, 0.2) is 10.6 Å². The molecular weight excluding hydrogens is 202 g/mol. The van der Waals surface area contributed by atoms with Crippen LogP contribution in [0.3, 0.4) is 0 Å². The van der Waals surface area contributed by atoms with Crippen molar-refractivity contribution >= 4 is 12.2 Å². The fourth-order valence-corrected chi connectivity index (χ4v) is 1.32. The number of aliphatic hydroxyl groups excluding tert-OH is 1. The summed E-state index contributed by atoms with van der Waals surface area (Å²) in [5.74, 6) is 0.544. The van der Waals surface area contributed by atoms with E-state index in [4.69, 9.17) is 22.1 Å². The van der Waals surface area contributed by atoms with E-state index >= 15 is 0 Å². The minimum Gasteiger partial charge on any atom is -0.388 e. The second-order valence-electron chi connectivity index (χ2n) is 3.17. The molecule has 0 aliphatic carbocycles. The lowest BCUT2D eigenvalue weighted by Crippen LogP contribution is -2.12. The molecule has 0 aromatic carbocycles. The summed E-state index contributed by atoms with van der Waals surface area (Å²) in [5.41, 5.74) is 0. The minimum atomic E-state index is -0.116. The smallest absolute Gasteiger partial charge is 0.195 e. The highest BCUT2D eigenvalue weighted by Gasteiger charge is 2.04. The normalized spacial score (nSPS) is 11.1. The van der Waals surface area contributed by atoms with Crippen LogP contribution in [0.5, 0.6) is 0 Å². The molecule has 0 atom stereocenters. The quantitative estimate of drug-likeness (QED) is 0.718. The van der Waals surface area contributed by atoms with Crippen LogP contribution >= 0.6 is 12.2 Å². The SMILES string of the molecule is CC(C)OCCn1c(CO)n[nH]c1=S. The van der Waals surface area contributed by atoms with Crippen LogP contribution in [-0.2, 0) is 17.9 Å². The number of nitrogens with zero attached hydrogens (tertiary/aromatic N) is 2. The molecule has 1 aromatic rings. The van der Waals surface area contributed by atoms with Crippen LogP contribution < -0.4 is 0 Å². The van der Waals surface area contributed by atoms with E-state index in [9.17, 15) is 0 Å². The minimum absolute atomic E-state index is 0.116. The first-order valence-corrected chi connectivity index (χ1v) is 4.92. The molecule has 0 bridgehead atoms. The Kier molecular flexibility index (Phi) is 4.24. The molecule has 0 aliphatic heterocycles. The number of nitrogens with one attached hydrogen (secondary N) is 1. The van der Waals surface area contributed by atoms with Crippen molar-refractivity contribution in [2.24, 2.45) is 0 Å². The molecule has 0 spiro atoms. The molecule has 0 amide bonds. The molecule has 2 N–H and O–H groups in total. The van der Waals surface area contributed by atoms with E-state index in [2.05, 4.69) is 10.2 Å². The summed E-state index contributed by atoms with van der Waals surface area (Å²) in [6.07, 6.45) is 0.202. The lowest BCUT2D eigenvalue weighted by atomic mass is 10.5. The standard InChI is InChI=1S/C8H15N3O2S/c1-6(2)13-4-3-11-7(5-12)9-10-8(11)14/h6,12H,3-5H2,1-2H3,(H,10,14). The average Bonchev–Trinajstić information content (AvgIpc) is 2.47. The Balaban J connectivity index is 2.57. The zero-order chi connectivity index (χ0) is 10.6. The van der Waals surface area contributed by atoms with Crippen molar-refractivity contribution in [3.05, 3.63) is 10.6 Å². The Labute approximate surface area is 87.7 Å². The summed E-state index contributed by atoms with van der Waals surface area (Å²) in [6, 6.07) is 0. The second kappa shape index (κ2) is 5.23. The number of rotatable bonds is 5. The van der Waals surface area contributed by atoms with Gasteiger partial charge in [0.05, 0.1) is 19.3 Å². The molecule has 1 heterocycles. The molecule has 1 aromatic heterocycles. The Morgan fingerprint density at radius 1 is 1.64 bits per heavy atom. The topological polar surface area (TPSA) is 63.1 Å². The van der Waals surface area contributed by atoms with Gasteiger partial charge in [-0.3, -0.25) is 9.67 Å². The average molecular weight is 217 g/mol. The molecule has 80 valence electrons. The molecule has 0 saturated carbocycles. The second-order valence-corrected chi connectivity index (χ2v) is 3.56. The highest BCUT2D eigenvalue weighted by atomic mass is 32.1. The van der Waals surface area contributed by atoms with E-state index in [1.165, 1.54) is 0 Å². The molecule has 6 heteroatoms. The monoisotopic (exact) mass is 217 g/mol. The first-order chi connectivity index (χ1) is 6.65. The molecule has 0 fully saturated rings. The predicted molar refractivity (Wildman–Crippen MR) is 54.4 cm³/mol. The molecule has 14 heavy (non-hydrogen) atoms. The van der Waals surface area contributed by atoms with Crippen LogP contribution in [0.2, 0.25) is 0 Å². The van der Waals surface area contributed by atoms with Crippen LogP contribution in [0.1, 0.15) is 19.7 Å². The predicted octanol–water partition coefficient (Wildman–Crippen LogP) is 0.858. The Hall–Kier alpha value is -0.720. The zero-order valence-corrected chi connectivity index (χ0v) is 9.17. The van der Waals surface area contributed by atoms with Gasteiger partial charge in [-0.05, 0) is 26.1 Å². The van der Waals surface area contributed by atoms with Crippen molar-refractivity contribution in [2.75, 3.05) is 6.61 Å². The number of H-pyrrole nitrogens is 1.